The lowest BCUT2D eigenvalue weighted by Crippen LogP contribution is -2.52. The summed E-state index contributed by atoms with van der Waals surface area (Å²) in [6.45, 7) is 1.91. The van der Waals surface area contributed by atoms with Crippen molar-refractivity contribution in [1.82, 2.24) is 9.78 Å². The lowest BCUT2D eigenvalue weighted by molar-refractivity contribution is -0.143. The average Bonchev–Trinajstić information content (AvgIpc) is 3.02. The van der Waals surface area contributed by atoms with Gasteiger partial charge in [0.15, 0.2) is 0 Å². The van der Waals surface area contributed by atoms with Crippen LogP contribution in [-0.4, -0.2) is 32.1 Å². The molecular weight excluding hydrogens is 238 g/mol. The Morgan fingerprint density at radius 1 is 1.76 bits per heavy atom. The van der Waals surface area contributed by atoms with Gasteiger partial charge in [-0.3, -0.25) is 9.48 Å². The van der Waals surface area contributed by atoms with E-state index >= 15 is 0 Å². The van der Waals surface area contributed by atoms with Crippen molar-refractivity contribution in [3.05, 3.63) is 11.8 Å². The molecule has 1 aromatic heterocycles. The molecule has 2 rings (SSSR count). The highest BCUT2D eigenvalue weighted by atomic mass is 32.2. The monoisotopic (exact) mass is 255 g/mol. The normalized spacial score (nSPS) is 19.0. The molecule has 1 aliphatic rings. The molecule has 17 heavy (non-hydrogen) atoms. The molecule has 0 spiro atoms. The number of hydrogen-bond acceptors (Lipinski definition) is 4. The first-order valence-electron chi connectivity index (χ1n) is 5.59. The Bertz CT molecular complexity index is 442. The molecule has 1 aromatic rings. The number of carbonyl (C=O) groups is 1. The SMILES string of the molecule is Cc1cc(SCC(N)(C(=O)O)C2CC2)n(C)n1. The smallest absolute Gasteiger partial charge is 0.324 e. The van der Waals surface area contributed by atoms with Crippen molar-refractivity contribution in [2.24, 2.45) is 18.7 Å². The number of aliphatic carboxylic acids is 1. The molecule has 0 amide bonds. The fourth-order valence-electron chi connectivity index (χ4n) is 1.87. The number of nitrogens with two attached hydrogens (primary N) is 1. The van der Waals surface area contributed by atoms with Gasteiger partial charge >= 0.3 is 5.97 Å². The van der Waals surface area contributed by atoms with Gasteiger partial charge < -0.3 is 10.8 Å². The molecule has 0 saturated heterocycles. The van der Waals surface area contributed by atoms with E-state index in [1.54, 1.807) is 4.68 Å². The third kappa shape index (κ3) is 2.47. The fourth-order valence-corrected chi connectivity index (χ4v) is 3.10. The lowest BCUT2D eigenvalue weighted by atomic mass is 9.98. The van der Waals surface area contributed by atoms with E-state index in [0.717, 1.165) is 23.6 Å². The van der Waals surface area contributed by atoms with Gasteiger partial charge in [0.25, 0.3) is 0 Å². The van der Waals surface area contributed by atoms with E-state index in [-0.39, 0.29) is 5.92 Å². The van der Waals surface area contributed by atoms with Gasteiger partial charge in [-0.25, -0.2) is 0 Å². The second-order valence-corrected chi connectivity index (χ2v) is 5.65. The molecule has 1 heterocycles. The number of aryl methyl sites for hydroxylation is 2. The van der Waals surface area contributed by atoms with Crippen LogP contribution >= 0.6 is 11.8 Å². The Labute approximate surface area is 104 Å². The topological polar surface area (TPSA) is 81.1 Å². The highest BCUT2D eigenvalue weighted by molar-refractivity contribution is 7.99. The minimum atomic E-state index is -1.09. The Morgan fingerprint density at radius 2 is 2.41 bits per heavy atom. The molecule has 0 aromatic carbocycles. The molecule has 1 fully saturated rings. The Balaban J connectivity index is 2.05. The Hall–Kier alpha value is -1.01. The maximum Gasteiger partial charge on any atom is 0.324 e. The Kier molecular flexibility index (Phi) is 3.18. The van der Waals surface area contributed by atoms with Crippen LogP contribution in [0, 0.1) is 12.8 Å². The third-order valence-electron chi connectivity index (χ3n) is 3.12. The average molecular weight is 255 g/mol. The van der Waals surface area contributed by atoms with Crippen molar-refractivity contribution >= 4 is 17.7 Å². The standard InChI is InChI=1S/C11H17N3O2S/c1-7-5-9(14(2)13-7)17-6-11(12,10(15)16)8-3-4-8/h5,8H,3-4,6,12H2,1-2H3,(H,15,16). The van der Waals surface area contributed by atoms with E-state index in [1.807, 2.05) is 20.0 Å². The first-order valence-corrected chi connectivity index (χ1v) is 6.58. The summed E-state index contributed by atoms with van der Waals surface area (Å²) in [6, 6.07) is 1.94. The van der Waals surface area contributed by atoms with E-state index in [4.69, 9.17) is 5.73 Å². The van der Waals surface area contributed by atoms with Crippen LogP contribution in [0.3, 0.4) is 0 Å². The summed E-state index contributed by atoms with van der Waals surface area (Å²) in [5.41, 5.74) is 5.84. The minimum Gasteiger partial charge on any atom is -0.480 e. The molecule has 1 saturated carbocycles. The van der Waals surface area contributed by atoms with E-state index in [0.29, 0.717) is 5.75 Å². The highest BCUT2D eigenvalue weighted by Crippen LogP contribution is 2.41. The highest BCUT2D eigenvalue weighted by Gasteiger charge is 2.48. The lowest BCUT2D eigenvalue weighted by Gasteiger charge is -2.23. The maximum absolute atomic E-state index is 11.3. The number of carboxylic acids is 1. The van der Waals surface area contributed by atoms with Gasteiger partial charge in [-0.15, -0.1) is 11.8 Å². The van der Waals surface area contributed by atoms with Gasteiger partial charge in [-0.1, -0.05) is 0 Å². The molecule has 1 atom stereocenters. The van der Waals surface area contributed by atoms with Gasteiger partial charge in [0.2, 0.25) is 0 Å². The fraction of sp³-hybridized carbons (Fsp3) is 0.636. The second kappa shape index (κ2) is 4.34. The molecule has 5 nitrogen and oxygen atoms in total. The molecule has 6 heteroatoms. The van der Waals surface area contributed by atoms with Crippen LogP contribution in [0.2, 0.25) is 0 Å². The molecule has 0 aliphatic heterocycles. The van der Waals surface area contributed by atoms with Gasteiger partial charge in [0.05, 0.1) is 10.7 Å². The van der Waals surface area contributed by atoms with Crippen LogP contribution in [-0.2, 0) is 11.8 Å². The molecule has 1 unspecified atom stereocenters. The van der Waals surface area contributed by atoms with E-state index < -0.39 is 11.5 Å². The number of rotatable bonds is 5. The summed E-state index contributed by atoms with van der Waals surface area (Å²) in [6.07, 6.45) is 1.85. The third-order valence-corrected chi connectivity index (χ3v) is 4.42. The molecule has 94 valence electrons. The molecule has 0 bridgehead atoms. The molecule has 0 radical (unpaired) electrons. The summed E-state index contributed by atoms with van der Waals surface area (Å²) in [5.74, 6) is -0.375. The number of nitrogens with zero attached hydrogens (tertiary/aromatic N) is 2. The van der Waals surface area contributed by atoms with Gasteiger partial charge in [0.1, 0.15) is 5.54 Å². The van der Waals surface area contributed by atoms with E-state index in [9.17, 15) is 9.90 Å². The first kappa shape index (κ1) is 12.4. The summed E-state index contributed by atoms with van der Waals surface area (Å²) < 4.78 is 1.76. The van der Waals surface area contributed by atoms with Crippen LogP contribution < -0.4 is 5.73 Å². The van der Waals surface area contributed by atoms with Gasteiger partial charge in [0, 0.05) is 12.8 Å². The van der Waals surface area contributed by atoms with Gasteiger partial charge in [-0.2, -0.15) is 5.10 Å². The van der Waals surface area contributed by atoms with Crippen LogP contribution in [0.15, 0.2) is 11.1 Å². The summed E-state index contributed by atoms with van der Waals surface area (Å²) in [7, 11) is 1.85. The molecular formula is C11H17N3O2S. The van der Waals surface area contributed by atoms with Crippen molar-refractivity contribution in [2.75, 3.05) is 5.75 Å². The molecule has 1 aliphatic carbocycles. The van der Waals surface area contributed by atoms with Crippen molar-refractivity contribution in [2.45, 2.75) is 30.3 Å². The quantitative estimate of drug-likeness (QED) is 0.768. The Morgan fingerprint density at radius 3 is 2.82 bits per heavy atom. The van der Waals surface area contributed by atoms with Crippen molar-refractivity contribution < 1.29 is 9.90 Å². The van der Waals surface area contributed by atoms with Crippen LogP contribution in [0.25, 0.3) is 0 Å². The van der Waals surface area contributed by atoms with Crippen molar-refractivity contribution in [1.29, 1.82) is 0 Å². The zero-order valence-corrected chi connectivity index (χ0v) is 10.8. The van der Waals surface area contributed by atoms with Crippen LogP contribution in [0.4, 0.5) is 0 Å². The zero-order valence-electron chi connectivity index (χ0n) is 10.0. The van der Waals surface area contributed by atoms with Crippen molar-refractivity contribution in [3.63, 3.8) is 0 Å². The summed E-state index contributed by atoms with van der Waals surface area (Å²) in [4.78, 5) is 11.3. The number of hydrogen-bond donors (Lipinski definition) is 2. The van der Waals surface area contributed by atoms with Crippen LogP contribution in [0.5, 0.6) is 0 Å². The second-order valence-electron chi connectivity index (χ2n) is 4.66. The number of thioether (sulfide) groups is 1. The van der Waals surface area contributed by atoms with Gasteiger partial charge in [-0.05, 0) is 31.7 Å². The molecule has 3 N–H and O–H groups in total. The predicted octanol–water partition coefficient (Wildman–Crippen LogP) is 1.01. The van der Waals surface area contributed by atoms with Crippen molar-refractivity contribution in [3.8, 4) is 0 Å². The van der Waals surface area contributed by atoms with E-state index in [2.05, 4.69) is 5.10 Å². The number of aromatic nitrogens is 2. The summed E-state index contributed by atoms with van der Waals surface area (Å²) >= 11 is 1.47. The number of carboxylic acid groups (broad SMARTS) is 1. The van der Waals surface area contributed by atoms with Crippen LogP contribution in [0.1, 0.15) is 18.5 Å². The zero-order chi connectivity index (χ0) is 12.6. The van der Waals surface area contributed by atoms with E-state index in [1.165, 1.54) is 11.8 Å². The minimum absolute atomic E-state index is 0.127. The maximum atomic E-state index is 11.3. The predicted molar refractivity (Wildman–Crippen MR) is 65.9 cm³/mol. The first-order chi connectivity index (χ1) is 7.93. The summed E-state index contributed by atoms with van der Waals surface area (Å²) in [5, 5.41) is 14.4. The largest absolute Gasteiger partial charge is 0.480 e.